The van der Waals surface area contributed by atoms with E-state index in [1.54, 1.807) is 0 Å². The second-order valence-corrected chi connectivity index (χ2v) is 5.97. The van der Waals surface area contributed by atoms with E-state index in [0.717, 1.165) is 6.20 Å². The van der Waals surface area contributed by atoms with Gasteiger partial charge in [-0.25, -0.2) is 14.5 Å². The van der Waals surface area contributed by atoms with Gasteiger partial charge in [-0.1, -0.05) is 5.21 Å². The van der Waals surface area contributed by atoms with Crippen molar-refractivity contribution in [3.63, 3.8) is 0 Å². The fourth-order valence-electron chi connectivity index (χ4n) is 2.01. The minimum absolute atomic E-state index is 0.0224. The van der Waals surface area contributed by atoms with Crippen molar-refractivity contribution in [3.05, 3.63) is 52.0 Å². The number of carbonyl (C=O) groups is 2. The molecule has 27 heavy (non-hydrogen) atoms. The number of esters is 1. The predicted molar refractivity (Wildman–Crippen MR) is 91.1 cm³/mol. The van der Waals surface area contributed by atoms with E-state index in [-0.39, 0.29) is 27.1 Å². The number of hydrogen-bond donors (Lipinski definition) is 2. The number of hydrogen-bond acceptors (Lipinski definition) is 10. The Hall–Kier alpha value is -3.87. The molecule has 0 aliphatic rings. The third-order valence-corrected chi connectivity index (χ3v) is 4.14. The number of phenols is 1. The lowest BCUT2D eigenvalue weighted by molar-refractivity contribution is -0.380. The van der Waals surface area contributed by atoms with E-state index in [1.807, 2.05) is 0 Å². The van der Waals surface area contributed by atoms with Crippen molar-refractivity contribution in [2.75, 3.05) is 12.4 Å². The Bertz CT molecular complexity index is 1040. The van der Waals surface area contributed by atoms with Crippen LogP contribution in [-0.4, -0.2) is 49.0 Å². The minimum Gasteiger partial charge on any atom is -0.507 e. The quantitative estimate of drug-likeness (QED) is 0.372. The number of methoxy groups -OCH3 is 1. The maximum atomic E-state index is 12.2. The van der Waals surface area contributed by atoms with E-state index in [4.69, 9.17) is 0 Å². The van der Waals surface area contributed by atoms with Gasteiger partial charge < -0.3 is 9.84 Å². The number of rotatable bonds is 5. The van der Waals surface area contributed by atoms with Crippen LogP contribution in [-0.2, 0) is 4.74 Å². The van der Waals surface area contributed by atoms with Crippen LogP contribution in [0.4, 0.5) is 10.1 Å². The van der Waals surface area contributed by atoms with Crippen LogP contribution in [0.2, 0.25) is 0 Å². The van der Waals surface area contributed by atoms with Gasteiger partial charge in [-0.2, -0.15) is 0 Å². The number of nitrogens with one attached hydrogen (secondary N) is 1. The molecule has 3 aromatic rings. The first-order chi connectivity index (χ1) is 12.9. The number of aromatic hydroxyl groups is 1. The first-order valence-corrected chi connectivity index (χ1v) is 7.96. The SMILES string of the molecule is COC(=O)c1cn(-c2ccc(C(=O)Nc3ncc([N+](=O)[O-])s3)c(O)c2)nn1. The summed E-state index contributed by atoms with van der Waals surface area (Å²) in [6.45, 7) is 0. The number of amides is 1. The molecule has 0 unspecified atom stereocenters. The van der Waals surface area contributed by atoms with Crippen molar-refractivity contribution in [1.82, 2.24) is 20.0 Å². The van der Waals surface area contributed by atoms with Crippen molar-refractivity contribution in [3.8, 4) is 11.4 Å². The molecule has 1 amide bonds. The van der Waals surface area contributed by atoms with Gasteiger partial charge in [0.1, 0.15) is 11.9 Å². The predicted octanol–water partition coefficient (Wildman–Crippen LogP) is 1.38. The van der Waals surface area contributed by atoms with Crippen LogP contribution in [0.5, 0.6) is 5.75 Å². The molecule has 0 aliphatic carbocycles. The lowest BCUT2D eigenvalue weighted by Gasteiger charge is -2.06. The molecule has 0 bridgehead atoms. The third kappa shape index (κ3) is 3.72. The van der Waals surface area contributed by atoms with Gasteiger partial charge in [0.25, 0.3) is 5.91 Å². The van der Waals surface area contributed by atoms with E-state index in [1.165, 1.54) is 36.2 Å². The number of anilines is 1. The molecule has 0 spiro atoms. The van der Waals surface area contributed by atoms with Crippen molar-refractivity contribution in [2.45, 2.75) is 0 Å². The molecule has 0 atom stereocenters. The first-order valence-electron chi connectivity index (χ1n) is 7.14. The number of benzene rings is 1. The second kappa shape index (κ2) is 7.17. The zero-order chi connectivity index (χ0) is 19.6. The molecular weight excluding hydrogens is 380 g/mol. The van der Waals surface area contributed by atoms with Crippen LogP contribution in [0.3, 0.4) is 0 Å². The normalized spacial score (nSPS) is 10.4. The van der Waals surface area contributed by atoms with Crippen molar-refractivity contribution in [1.29, 1.82) is 0 Å². The molecule has 0 saturated carbocycles. The number of aromatic nitrogens is 4. The summed E-state index contributed by atoms with van der Waals surface area (Å²) in [6.07, 6.45) is 2.32. The average Bonchev–Trinajstić information content (AvgIpc) is 3.30. The maximum Gasteiger partial charge on any atom is 0.360 e. The summed E-state index contributed by atoms with van der Waals surface area (Å²) >= 11 is 0.687. The van der Waals surface area contributed by atoms with E-state index in [0.29, 0.717) is 17.0 Å². The molecule has 3 rings (SSSR count). The number of nitrogens with zero attached hydrogens (tertiary/aromatic N) is 5. The molecule has 2 N–H and O–H groups in total. The molecule has 1 aromatic carbocycles. The van der Waals surface area contributed by atoms with Crippen LogP contribution >= 0.6 is 11.3 Å². The smallest absolute Gasteiger partial charge is 0.360 e. The number of phenolic OH excluding ortho intramolecular Hbond substituents is 1. The molecule has 2 heterocycles. The summed E-state index contributed by atoms with van der Waals surface area (Å²) in [7, 11) is 1.21. The second-order valence-electron chi connectivity index (χ2n) is 4.96. The molecule has 0 saturated heterocycles. The summed E-state index contributed by atoms with van der Waals surface area (Å²) in [4.78, 5) is 37.4. The number of carbonyl (C=O) groups excluding carboxylic acids is 2. The van der Waals surface area contributed by atoms with Gasteiger partial charge in [-0.3, -0.25) is 20.2 Å². The Labute approximate surface area is 154 Å². The van der Waals surface area contributed by atoms with E-state index < -0.39 is 16.8 Å². The topological polar surface area (TPSA) is 162 Å². The third-order valence-electron chi connectivity index (χ3n) is 3.27. The first kappa shape index (κ1) is 17.9. The molecule has 0 aliphatic heterocycles. The van der Waals surface area contributed by atoms with E-state index in [2.05, 4.69) is 25.3 Å². The zero-order valence-electron chi connectivity index (χ0n) is 13.5. The highest BCUT2D eigenvalue weighted by Gasteiger charge is 2.18. The Kier molecular flexibility index (Phi) is 4.76. The number of thiazole rings is 1. The van der Waals surface area contributed by atoms with Crippen molar-refractivity contribution < 1.29 is 24.4 Å². The molecule has 13 heteroatoms. The Morgan fingerprint density at radius 3 is 2.81 bits per heavy atom. The molecule has 2 aromatic heterocycles. The van der Waals surface area contributed by atoms with Crippen molar-refractivity contribution in [2.24, 2.45) is 0 Å². The van der Waals surface area contributed by atoms with Gasteiger partial charge in [0, 0.05) is 6.07 Å². The van der Waals surface area contributed by atoms with Crippen LogP contribution in [0.25, 0.3) is 5.69 Å². The van der Waals surface area contributed by atoms with E-state index in [9.17, 15) is 24.8 Å². The molecular formula is C14H10N6O6S. The Morgan fingerprint density at radius 1 is 1.41 bits per heavy atom. The summed E-state index contributed by atoms with van der Waals surface area (Å²) in [6, 6.07) is 4.03. The van der Waals surface area contributed by atoms with Gasteiger partial charge >= 0.3 is 11.0 Å². The highest BCUT2D eigenvalue weighted by Crippen LogP contribution is 2.27. The van der Waals surface area contributed by atoms with E-state index >= 15 is 0 Å². The fourth-order valence-corrected chi connectivity index (χ4v) is 2.64. The minimum atomic E-state index is -0.697. The summed E-state index contributed by atoms with van der Waals surface area (Å²) < 4.78 is 5.75. The van der Waals surface area contributed by atoms with Gasteiger partial charge in [0.05, 0.1) is 29.5 Å². The van der Waals surface area contributed by atoms with Crippen LogP contribution < -0.4 is 5.32 Å². The molecule has 0 fully saturated rings. The molecule has 0 radical (unpaired) electrons. The fraction of sp³-hybridized carbons (Fsp3) is 0.0714. The largest absolute Gasteiger partial charge is 0.507 e. The summed E-state index contributed by atoms with van der Waals surface area (Å²) in [5.41, 5.74) is 0.241. The highest BCUT2D eigenvalue weighted by atomic mass is 32.1. The van der Waals surface area contributed by atoms with Gasteiger partial charge in [-0.05, 0) is 23.5 Å². The standard InChI is InChI=1S/C14H10N6O6S/c1-26-13(23)9-6-19(18-17-9)7-2-3-8(10(21)4-7)12(22)16-14-15-5-11(27-14)20(24)25/h2-6,21H,1H3,(H,15,16,22). The highest BCUT2D eigenvalue weighted by molar-refractivity contribution is 7.18. The lowest BCUT2D eigenvalue weighted by atomic mass is 10.1. The monoisotopic (exact) mass is 390 g/mol. The number of nitro groups is 1. The summed E-state index contributed by atoms with van der Waals surface area (Å²) in [5.74, 6) is -1.73. The van der Waals surface area contributed by atoms with Gasteiger partial charge in [0.15, 0.2) is 10.8 Å². The van der Waals surface area contributed by atoms with Gasteiger partial charge in [-0.15, -0.1) is 5.10 Å². The van der Waals surface area contributed by atoms with Crippen LogP contribution in [0.15, 0.2) is 30.6 Å². The van der Waals surface area contributed by atoms with Crippen LogP contribution in [0.1, 0.15) is 20.8 Å². The maximum absolute atomic E-state index is 12.2. The molecule has 12 nitrogen and oxygen atoms in total. The average molecular weight is 390 g/mol. The van der Waals surface area contributed by atoms with Crippen LogP contribution in [0, 0.1) is 10.1 Å². The zero-order valence-corrected chi connectivity index (χ0v) is 14.3. The number of ether oxygens (including phenoxy) is 1. The molecule has 138 valence electrons. The summed E-state index contributed by atoms with van der Waals surface area (Å²) in [5, 5.41) is 30.3. The Balaban J connectivity index is 1.79. The van der Waals surface area contributed by atoms with Gasteiger partial charge in [0.2, 0.25) is 0 Å². The Morgan fingerprint density at radius 2 is 2.19 bits per heavy atom. The van der Waals surface area contributed by atoms with Crippen molar-refractivity contribution >= 4 is 33.3 Å². The lowest BCUT2D eigenvalue weighted by Crippen LogP contribution is -2.12.